The van der Waals surface area contributed by atoms with Gasteiger partial charge < -0.3 is 9.84 Å². The lowest BCUT2D eigenvalue weighted by molar-refractivity contribution is -0.121. The Morgan fingerprint density at radius 3 is 2.31 bits per heavy atom. The van der Waals surface area contributed by atoms with Gasteiger partial charge in [0.25, 0.3) is 0 Å². The van der Waals surface area contributed by atoms with E-state index >= 15 is 0 Å². The van der Waals surface area contributed by atoms with Crippen molar-refractivity contribution in [1.82, 2.24) is 14.4 Å². The summed E-state index contributed by atoms with van der Waals surface area (Å²) < 4.78 is 32.3. The highest BCUT2D eigenvalue weighted by atomic mass is 32.2. The summed E-state index contributed by atoms with van der Waals surface area (Å²) in [7, 11) is -3.65. The van der Waals surface area contributed by atoms with Gasteiger partial charge in [-0.05, 0) is 44.9 Å². The minimum atomic E-state index is -3.65. The Balaban J connectivity index is 1.60. The molecule has 2 heterocycles. The van der Waals surface area contributed by atoms with Crippen LogP contribution in [0.25, 0.3) is 0 Å². The molecule has 1 aromatic heterocycles. The quantitative estimate of drug-likeness (QED) is 0.770. The standard InChI is InChI=1S/C20H28N4O4S/c1-5-17-6-8-18(9-7-17)21-20(25)15(3)23-10-12-24(13-11-23)29(26,27)19-14(2)22-28-16(19)4/h6-9,15H,5,10-13H2,1-4H3,(H,21,25). The molecule has 0 bridgehead atoms. The van der Waals surface area contributed by atoms with Gasteiger partial charge >= 0.3 is 0 Å². The van der Waals surface area contributed by atoms with Crippen molar-refractivity contribution in [3.8, 4) is 0 Å². The smallest absolute Gasteiger partial charge is 0.248 e. The Bertz CT molecular complexity index is 941. The fourth-order valence-corrected chi connectivity index (χ4v) is 5.25. The molecule has 3 rings (SSSR count). The first-order valence-corrected chi connectivity index (χ1v) is 11.2. The van der Waals surface area contributed by atoms with Crippen molar-refractivity contribution in [3.05, 3.63) is 41.3 Å². The number of aryl methyl sites for hydroxylation is 3. The number of benzene rings is 1. The number of hydrogen-bond acceptors (Lipinski definition) is 6. The third-order valence-electron chi connectivity index (χ3n) is 5.40. The number of nitrogens with zero attached hydrogens (tertiary/aromatic N) is 3. The molecule has 0 saturated carbocycles. The molecule has 1 saturated heterocycles. The zero-order valence-corrected chi connectivity index (χ0v) is 18.1. The van der Waals surface area contributed by atoms with Crippen LogP contribution in [0.2, 0.25) is 0 Å². The van der Waals surface area contributed by atoms with Crippen LogP contribution < -0.4 is 5.32 Å². The van der Waals surface area contributed by atoms with E-state index in [9.17, 15) is 13.2 Å². The van der Waals surface area contributed by atoms with Crippen LogP contribution in [-0.4, -0.2) is 60.9 Å². The normalized spacial score (nSPS) is 17.2. The highest BCUT2D eigenvalue weighted by molar-refractivity contribution is 7.89. The third kappa shape index (κ3) is 4.52. The van der Waals surface area contributed by atoms with Crippen molar-refractivity contribution in [2.45, 2.75) is 45.1 Å². The molecule has 0 spiro atoms. The average molecular weight is 421 g/mol. The summed E-state index contributed by atoms with van der Waals surface area (Å²) in [6.45, 7) is 8.74. The van der Waals surface area contributed by atoms with E-state index in [4.69, 9.17) is 4.52 Å². The molecular formula is C20H28N4O4S. The van der Waals surface area contributed by atoms with Crippen molar-refractivity contribution in [1.29, 1.82) is 0 Å². The van der Waals surface area contributed by atoms with Crippen LogP contribution in [0.3, 0.4) is 0 Å². The van der Waals surface area contributed by atoms with Crippen molar-refractivity contribution in [2.24, 2.45) is 0 Å². The van der Waals surface area contributed by atoms with Crippen molar-refractivity contribution < 1.29 is 17.7 Å². The van der Waals surface area contributed by atoms with Gasteiger partial charge in [0.2, 0.25) is 15.9 Å². The van der Waals surface area contributed by atoms with Gasteiger partial charge in [-0.25, -0.2) is 8.42 Å². The van der Waals surface area contributed by atoms with E-state index in [1.807, 2.05) is 36.1 Å². The zero-order chi connectivity index (χ0) is 21.2. The number of piperazine rings is 1. The van der Waals surface area contributed by atoms with Gasteiger partial charge in [-0.1, -0.05) is 24.2 Å². The summed E-state index contributed by atoms with van der Waals surface area (Å²) in [6.07, 6.45) is 0.950. The predicted molar refractivity (Wildman–Crippen MR) is 110 cm³/mol. The van der Waals surface area contributed by atoms with Crippen LogP contribution in [0.4, 0.5) is 5.69 Å². The molecule has 0 radical (unpaired) electrons. The highest BCUT2D eigenvalue weighted by Crippen LogP contribution is 2.24. The van der Waals surface area contributed by atoms with E-state index in [1.165, 1.54) is 9.87 Å². The number of anilines is 1. The maximum absolute atomic E-state index is 12.9. The largest absolute Gasteiger partial charge is 0.360 e. The maximum Gasteiger partial charge on any atom is 0.248 e. The van der Waals surface area contributed by atoms with E-state index in [0.29, 0.717) is 37.6 Å². The van der Waals surface area contributed by atoms with Gasteiger partial charge in [0.15, 0.2) is 5.76 Å². The number of rotatable bonds is 6. The van der Waals surface area contributed by atoms with Gasteiger partial charge in [-0.15, -0.1) is 0 Å². The Kier molecular flexibility index (Phi) is 6.40. The minimum Gasteiger partial charge on any atom is -0.360 e. The van der Waals surface area contributed by atoms with Crippen LogP contribution in [0.1, 0.15) is 30.9 Å². The molecule has 1 unspecified atom stereocenters. The number of nitrogens with one attached hydrogen (secondary N) is 1. The third-order valence-corrected chi connectivity index (χ3v) is 7.54. The summed E-state index contributed by atoms with van der Waals surface area (Å²) in [5.41, 5.74) is 2.34. The van der Waals surface area contributed by atoms with Gasteiger partial charge in [0.05, 0.1) is 6.04 Å². The topological polar surface area (TPSA) is 95.8 Å². The summed E-state index contributed by atoms with van der Waals surface area (Å²) in [5.74, 6) is 0.197. The molecular weight excluding hydrogens is 392 g/mol. The molecule has 2 aromatic rings. The molecule has 8 nitrogen and oxygen atoms in total. The van der Waals surface area contributed by atoms with Crippen LogP contribution >= 0.6 is 0 Å². The van der Waals surface area contributed by atoms with E-state index < -0.39 is 10.0 Å². The van der Waals surface area contributed by atoms with Gasteiger partial charge in [-0.3, -0.25) is 9.69 Å². The molecule has 1 amide bonds. The van der Waals surface area contributed by atoms with Crippen molar-refractivity contribution >= 4 is 21.6 Å². The highest BCUT2D eigenvalue weighted by Gasteiger charge is 2.35. The van der Waals surface area contributed by atoms with Gasteiger partial charge in [0.1, 0.15) is 10.6 Å². The van der Waals surface area contributed by atoms with Crippen LogP contribution in [0.5, 0.6) is 0 Å². The summed E-state index contributed by atoms with van der Waals surface area (Å²) in [6, 6.07) is 7.44. The second kappa shape index (κ2) is 8.64. The van der Waals surface area contributed by atoms with Crippen LogP contribution in [0, 0.1) is 13.8 Å². The number of aromatic nitrogens is 1. The Morgan fingerprint density at radius 1 is 1.17 bits per heavy atom. The van der Waals surface area contributed by atoms with Gasteiger partial charge in [0, 0.05) is 31.9 Å². The summed E-state index contributed by atoms with van der Waals surface area (Å²) >= 11 is 0. The molecule has 1 aliphatic rings. The Labute approximate surface area is 171 Å². The predicted octanol–water partition coefficient (Wildman–Crippen LogP) is 2.19. The second-order valence-electron chi connectivity index (χ2n) is 7.31. The van der Waals surface area contributed by atoms with E-state index in [1.54, 1.807) is 13.8 Å². The Hall–Kier alpha value is -2.23. The van der Waals surface area contributed by atoms with Crippen LogP contribution in [-0.2, 0) is 21.2 Å². The number of carbonyl (C=O) groups excluding carboxylic acids is 1. The molecule has 0 aliphatic carbocycles. The molecule has 9 heteroatoms. The fraction of sp³-hybridized carbons (Fsp3) is 0.500. The lowest BCUT2D eigenvalue weighted by Crippen LogP contribution is -2.54. The number of sulfonamides is 1. The van der Waals surface area contributed by atoms with Crippen molar-refractivity contribution in [2.75, 3.05) is 31.5 Å². The number of amides is 1. The van der Waals surface area contributed by atoms with E-state index in [0.717, 1.165) is 12.1 Å². The van der Waals surface area contributed by atoms with Crippen molar-refractivity contribution in [3.63, 3.8) is 0 Å². The molecule has 1 fully saturated rings. The average Bonchev–Trinajstić information content (AvgIpc) is 3.06. The first kappa shape index (κ1) is 21.5. The minimum absolute atomic E-state index is 0.101. The molecule has 1 N–H and O–H groups in total. The van der Waals surface area contributed by atoms with Gasteiger partial charge in [-0.2, -0.15) is 4.31 Å². The molecule has 158 valence electrons. The first-order valence-electron chi connectivity index (χ1n) is 9.81. The van der Waals surface area contributed by atoms with E-state index in [-0.39, 0.29) is 16.8 Å². The molecule has 1 aromatic carbocycles. The lowest BCUT2D eigenvalue weighted by atomic mass is 10.1. The van der Waals surface area contributed by atoms with Crippen LogP contribution in [0.15, 0.2) is 33.7 Å². The zero-order valence-electron chi connectivity index (χ0n) is 17.3. The first-order chi connectivity index (χ1) is 13.7. The SMILES string of the molecule is CCc1ccc(NC(=O)C(C)N2CCN(S(=O)(=O)c3c(C)noc3C)CC2)cc1. The second-order valence-corrected chi connectivity index (χ2v) is 9.18. The van der Waals surface area contributed by atoms with E-state index in [2.05, 4.69) is 17.4 Å². The molecule has 29 heavy (non-hydrogen) atoms. The molecule has 1 aliphatic heterocycles. The monoisotopic (exact) mass is 420 g/mol. The summed E-state index contributed by atoms with van der Waals surface area (Å²) in [5, 5.41) is 6.69. The number of carbonyl (C=O) groups is 1. The summed E-state index contributed by atoms with van der Waals surface area (Å²) in [4.78, 5) is 14.8. The maximum atomic E-state index is 12.9. The lowest BCUT2D eigenvalue weighted by Gasteiger charge is -2.36. The number of hydrogen-bond donors (Lipinski definition) is 1. The molecule has 1 atom stereocenters. The fourth-order valence-electron chi connectivity index (χ4n) is 3.54. The Morgan fingerprint density at radius 2 is 1.79 bits per heavy atom.